The number of hydrogen-bond acceptors (Lipinski definition) is 5. The number of benzene rings is 2. The average molecular weight is 439 g/mol. The van der Waals surface area contributed by atoms with Gasteiger partial charge in [-0.15, -0.1) is 11.3 Å². The van der Waals surface area contributed by atoms with E-state index in [0.717, 1.165) is 10.6 Å². The van der Waals surface area contributed by atoms with E-state index < -0.39 is 5.91 Å². The van der Waals surface area contributed by atoms with Crippen LogP contribution in [0.4, 0.5) is 11.4 Å². The van der Waals surface area contributed by atoms with Gasteiger partial charge in [0.25, 0.3) is 11.8 Å². The van der Waals surface area contributed by atoms with Crippen molar-refractivity contribution in [3.63, 3.8) is 0 Å². The van der Waals surface area contributed by atoms with E-state index in [9.17, 15) is 9.59 Å². The third kappa shape index (κ3) is 3.97. The molecular weight excluding hydrogens is 420 g/mol. The van der Waals surface area contributed by atoms with Crippen LogP contribution in [0, 0.1) is 0 Å². The van der Waals surface area contributed by atoms with Gasteiger partial charge in [0, 0.05) is 15.6 Å². The molecule has 1 N–H and O–H groups in total. The summed E-state index contributed by atoms with van der Waals surface area (Å²) in [5.74, 6) is -0.0418. The van der Waals surface area contributed by atoms with Crippen LogP contribution in [0.2, 0.25) is 5.02 Å². The highest BCUT2D eigenvalue weighted by Crippen LogP contribution is 2.36. The van der Waals surface area contributed by atoms with Gasteiger partial charge in [-0.1, -0.05) is 17.7 Å². The van der Waals surface area contributed by atoms with Crippen molar-refractivity contribution in [2.45, 2.75) is 20.0 Å². The Morgan fingerprint density at radius 3 is 2.27 bits per heavy atom. The first-order chi connectivity index (χ1) is 14.4. The zero-order valence-electron chi connectivity index (χ0n) is 16.4. The van der Waals surface area contributed by atoms with E-state index in [0.29, 0.717) is 22.0 Å². The maximum atomic E-state index is 13.3. The van der Waals surface area contributed by atoms with Crippen LogP contribution in [-0.4, -0.2) is 17.9 Å². The molecule has 0 bridgehead atoms. The molecule has 0 radical (unpaired) electrons. The predicted molar refractivity (Wildman–Crippen MR) is 121 cm³/mol. The molecule has 4 rings (SSSR count). The summed E-state index contributed by atoms with van der Waals surface area (Å²) in [6.45, 7) is 3.91. The fourth-order valence-corrected chi connectivity index (χ4v) is 4.05. The minimum Gasteiger partial charge on any atom is -0.491 e. The fourth-order valence-electron chi connectivity index (χ4n) is 3.15. The summed E-state index contributed by atoms with van der Waals surface area (Å²) in [5.41, 5.74) is 1.76. The normalized spacial score (nSPS) is 14.1. The van der Waals surface area contributed by atoms with Crippen molar-refractivity contribution >= 4 is 51.7 Å². The SMILES string of the molecule is CC(C)Oc1ccc(NC2=C(c3cccs3)C(=O)N(c3ccc(Cl)cc3)C2=O)cc1. The summed E-state index contributed by atoms with van der Waals surface area (Å²) in [6, 6.07) is 17.6. The van der Waals surface area contributed by atoms with Crippen LogP contribution in [0.25, 0.3) is 5.57 Å². The van der Waals surface area contributed by atoms with Crippen molar-refractivity contribution < 1.29 is 14.3 Å². The maximum absolute atomic E-state index is 13.3. The van der Waals surface area contributed by atoms with Gasteiger partial charge in [-0.05, 0) is 73.8 Å². The molecule has 2 amide bonds. The minimum absolute atomic E-state index is 0.0684. The lowest BCUT2D eigenvalue weighted by atomic mass is 10.2. The first-order valence-corrected chi connectivity index (χ1v) is 10.7. The average Bonchev–Trinajstić information content (AvgIpc) is 3.31. The van der Waals surface area contributed by atoms with E-state index >= 15 is 0 Å². The predicted octanol–water partition coefficient (Wildman–Crippen LogP) is 5.59. The summed E-state index contributed by atoms with van der Waals surface area (Å²) < 4.78 is 5.66. The molecule has 7 heteroatoms. The van der Waals surface area contributed by atoms with E-state index in [4.69, 9.17) is 16.3 Å². The highest BCUT2D eigenvalue weighted by Gasteiger charge is 2.40. The summed E-state index contributed by atoms with van der Waals surface area (Å²) >= 11 is 7.37. The molecule has 2 heterocycles. The van der Waals surface area contributed by atoms with Crippen molar-refractivity contribution in [1.82, 2.24) is 0 Å². The fraction of sp³-hybridized carbons (Fsp3) is 0.130. The van der Waals surface area contributed by atoms with E-state index in [-0.39, 0.29) is 17.7 Å². The Kier molecular flexibility index (Phi) is 5.61. The van der Waals surface area contributed by atoms with Crippen molar-refractivity contribution in [3.05, 3.63) is 81.6 Å². The van der Waals surface area contributed by atoms with Crippen LogP contribution in [0.1, 0.15) is 18.7 Å². The highest BCUT2D eigenvalue weighted by atomic mass is 35.5. The molecule has 0 aliphatic carbocycles. The molecule has 1 aliphatic rings. The number of carbonyl (C=O) groups excluding carboxylic acids is 2. The molecule has 0 saturated heterocycles. The Balaban J connectivity index is 1.69. The van der Waals surface area contributed by atoms with Gasteiger partial charge in [0.2, 0.25) is 0 Å². The third-order valence-corrected chi connectivity index (χ3v) is 5.57. The second-order valence-electron chi connectivity index (χ2n) is 6.97. The molecule has 2 aromatic carbocycles. The zero-order valence-corrected chi connectivity index (χ0v) is 18.0. The third-order valence-electron chi connectivity index (χ3n) is 4.43. The second-order valence-corrected chi connectivity index (χ2v) is 8.35. The number of halogens is 1. The Labute approximate surface area is 183 Å². The number of nitrogens with zero attached hydrogens (tertiary/aromatic N) is 1. The molecule has 0 unspecified atom stereocenters. The number of ether oxygens (including phenoxy) is 1. The van der Waals surface area contributed by atoms with Gasteiger partial charge in [-0.3, -0.25) is 9.59 Å². The van der Waals surface area contributed by atoms with Crippen molar-refractivity contribution in [1.29, 1.82) is 0 Å². The van der Waals surface area contributed by atoms with Crippen LogP contribution < -0.4 is 15.0 Å². The topological polar surface area (TPSA) is 58.6 Å². The number of amides is 2. The van der Waals surface area contributed by atoms with Gasteiger partial charge >= 0.3 is 0 Å². The van der Waals surface area contributed by atoms with Gasteiger partial charge in [-0.2, -0.15) is 0 Å². The van der Waals surface area contributed by atoms with Crippen LogP contribution in [0.3, 0.4) is 0 Å². The van der Waals surface area contributed by atoms with Crippen LogP contribution in [0.5, 0.6) is 5.75 Å². The highest BCUT2D eigenvalue weighted by molar-refractivity contribution is 7.11. The van der Waals surface area contributed by atoms with Gasteiger partial charge in [-0.25, -0.2) is 4.90 Å². The molecule has 152 valence electrons. The smallest absolute Gasteiger partial charge is 0.282 e. The zero-order chi connectivity index (χ0) is 21.3. The first kappa shape index (κ1) is 20.2. The maximum Gasteiger partial charge on any atom is 0.282 e. The number of imide groups is 1. The number of rotatable bonds is 6. The molecule has 0 spiro atoms. The number of anilines is 2. The lowest BCUT2D eigenvalue weighted by Crippen LogP contribution is -2.32. The Morgan fingerprint density at radius 1 is 0.967 bits per heavy atom. The molecule has 1 aliphatic heterocycles. The van der Waals surface area contributed by atoms with E-state index in [2.05, 4.69) is 5.32 Å². The largest absolute Gasteiger partial charge is 0.491 e. The number of carbonyl (C=O) groups is 2. The summed E-state index contributed by atoms with van der Waals surface area (Å²) in [5, 5.41) is 5.55. The monoisotopic (exact) mass is 438 g/mol. The Hall–Kier alpha value is -3.09. The van der Waals surface area contributed by atoms with Gasteiger partial charge < -0.3 is 10.1 Å². The molecule has 1 aromatic heterocycles. The molecule has 3 aromatic rings. The van der Waals surface area contributed by atoms with Crippen LogP contribution in [-0.2, 0) is 9.59 Å². The van der Waals surface area contributed by atoms with E-state index in [1.165, 1.54) is 16.2 Å². The van der Waals surface area contributed by atoms with Crippen molar-refractivity contribution in [2.24, 2.45) is 0 Å². The molecule has 0 atom stereocenters. The number of nitrogens with one attached hydrogen (secondary N) is 1. The minimum atomic E-state index is -0.409. The quantitative estimate of drug-likeness (QED) is 0.510. The molecule has 30 heavy (non-hydrogen) atoms. The van der Waals surface area contributed by atoms with Gasteiger partial charge in [0.05, 0.1) is 17.4 Å². The summed E-state index contributed by atoms with van der Waals surface area (Å²) in [4.78, 5) is 28.4. The van der Waals surface area contributed by atoms with Gasteiger partial charge in [0.1, 0.15) is 11.4 Å². The lowest BCUT2D eigenvalue weighted by Gasteiger charge is -2.15. The molecule has 5 nitrogen and oxygen atoms in total. The lowest BCUT2D eigenvalue weighted by molar-refractivity contribution is -0.120. The van der Waals surface area contributed by atoms with Crippen molar-refractivity contribution in [3.8, 4) is 5.75 Å². The standard InChI is InChI=1S/C23H19ClN2O3S/c1-14(2)29-18-11-7-16(8-12-18)25-21-20(19-4-3-13-30-19)22(27)26(23(21)28)17-9-5-15(24)6-10-17/h3-14,25H,1-2H3. The summed E-state index contributed by atoms with van der Waals surface area (Å²) in [7, 11) is 0. The summed E-state index contributed by atoms with van der Waals surface area (Å²) in [6.07, 6.45) is 0.0684. The van der Waals surface area contributed by atoms with E-state index in [1.54, 1.807) is 24.3 Å². The van der Waals surface area contributed by atoms with Crippen LogP contribution in [0.15, 0.2) is 71.7 Å². The number of hydrogen-bond donors (Lipinski definition) is 1. The first-order valence-electron chi connectivity index (χ1n) is 9.40. The Bertz CT molecular complexity index is 1100. The molecule has 0 saturated carbocycles. The van der Waals surface area contributed by atoms with Crippen LogP contribution >= 0.6 is 22.9 Å². The molecular formula is C23H19ClN2O3S. The second kappa shape index (κ2) is 8.34. The van der Waals surface area contributed by atoms with Gasteiger partial charge in [0.15, 0.2) is 0 Å². The Morgan fingerprint density at radius 2 is 1.67 bits per heavy atom. The van der Waals surface area contributed by atoms with Crippen molar-refractivity contribution in [2.75, 3.05) is 10.2 Å². The van der Waals surface area contributed by atoms with E-state index in [1.807, 2.05) is 55.6 Å². The number of thiophene rings is 1. The molecule has 0 fully saturated rings.